The van der Waals surface area contributed by atoms with Crippen LogP contribution in [0.15, 0.2) is 60.9 Å². The van der Waals surface area contributed by atoms with Crippen LogP contribution in [0.2, 0.25) is 0 Å². The van der Waals surface area contributed by atoms with Crippen molar-refractivity contribution in [1.29, 1.82) is 0 Å². The summed E-state index contributed by atoms with van der Waals surface area (Å²) in [4.78, 5) is 26.7. The smallest absolute Gasteiger partial charge is 0.416 e. The number of carbonyl (C=O) groups is 1. The monoisotopic (exact) mass is 577 g/mol. The zero-order valence-electron chi connectivity index (χ0n) is 23.6. The van der Waals surface area contributed by atoms with Gasteiger partial charge in [0, 0.05) is 58.2 Å². The minimum Gasteiger partial charge on any atom is -0.457 e. The number of alkyl halides is 3. The maximum atomic E-state index is 14.1. The lowest BCUT2D eigenvalue weighted by molar-refractivity contribution is -0.138. The van der Waals surface area contributed by atoms with E-state index < -0.39 is 11.7 Å². The molecule has 0 bridgehead atoms. The van der Waals surface area contributed by atoms with Gasteiger partial charge in [-0.3, -0.25) is 9.69 Å². The van der Waals surface area contributed by atoms with Crippen LogP contribution in [-0.4, -0.2) is 69.8 Å². The molecule has 0 atom stereocenters. The molecule has 1 N–H and O–H groups in total. The normalized spacial score (nSPS) is 16.5. The summed E-state index contributed by atoms with van der Waals surface area (Å²) in [5.74, 6) is 1.14. The molecule has 0 aliphatic carbocycles. The lowest BCUT2D eigenvalue weighted by Gasteiger charge is -2.34. The van der Waals surface area contributed by atoms with Gasteiger partial charge in [0.05, 0.1) is 17.4 Å². The van der Waals surface area contributed by atoms with Crippen molar-refractivity contribution in [1.82, 2.24) is 24.7 Å². The van der Waals surface area contributed by atoms with Gasteiger partial charge in [0.25, 0.3) is 0 Å². The number of H-pyrrole nitrogens is 1. The Kier molecular flexibility index (Phi) is 7.92. The van der Waals surface area contributed by atoms with Crippen molar-refractivity contribution in [3.63, 3.8) is 0 Å². The largest absolute Gasteiger partial charge is 0.457 e. The van der Waals surface area contributed by atoms with Gasteiger partial charge in [-0.05, 0) is 65.6 Å². The number of hydrogen-bond acceptors (Lipinski definition) is 5. The molecule has 42 heavy (non-hydrogen) atoms. The summed E-state index contributed by atoms with van der Waals surface area (Å²) in [6.07, 6.45) is -0.401. The van der Waals surface area contributed by atoms with E-state index >= 15 is 0 Å². The van der Waals surface area contributed by atoms with Crippen LogP contribution in [0, 0.1) is 0 Å². The Morgan fingerprint density at radius 1 is 0.976 bits per heavy atom. The number of ether oxygens (including phenoxy) is 1. The molecule has 2 aliphatic heterocycles. The van der Waals surface area contributed by atoms with E-state index in [0.29, 0.717) is 36.6 Å². The number of pyridine rings is 1. The highest BCUT2D eigenvalue weighted by molar-refractivity contribution is 5.82. The predicted octanol–water partition coefficient (Wildman–Crippen LogP) is 5.64. The highest BCUT2D eigenvalue weighted by Gasteiger charge is 2.34. The number of nitrogens with zero attached hydrogens (tertiary/aromatic N) is 4. The zero-order valence-corrected chi connectivity index (χ0v) is 23.6. The Balaban J connectivity index is 1.13. The fourth-order valence-corrected chi connectivity index (χ4v) is 5.89. The van der Waals surface area contributed by atoms with Crippen molar-refractivity contribution < 1.29 is 22.7 Å². The van der Waals surface area contributed by atoms with Gasteiger partial charge in [0.1, 0.15) is 17.1 Å². The molecule has 4 heterocycles. The number of nitrogens with one attached hydrogen (secondary N) is 1. The van der Waals surface area contributed by atoms with Gasteiger partial charge in [-0.25, -0.2) is 4.98 Å². The van der Waals surface area contributed by atoms with E-state index in [4.69, 9.17) is 4.74 Å². The number of benzene rings is 2. The standard InChI is InChI=1S/C32H34F3N5O2/c1-2-38-13-15-39(16-14-38)20-24-4-3-22(17-28(24)32(33,34)35)18-30(41)40-12-9-23-5-6-26(19-25(23)21-40)42-29-8-11-37-31-27(29)7-10-36-31/h3-8,10-11,17,19H,2,9,12-16,18,20-21H2,1H3,(H,36,37). The fourth-order valence-electron chi connectivity index (χ4n) is 5.89. The van der Waals surface area contributed by atoms with Crippen molar-refractivity contribution in [2.45, 2.75) is 39.0 Å². The van der Waals surface area contributed by atoms with Gasteiger partial charge < -0.3 is 19.5 Å². The number of likely N-dealkylation sites (N-methyl/N-ethyl adjacent to an activating group) is 1. The minimum atomic E-state index is -4.49. The Morgan fingerprint density at radius 3 is 2.57 bits per heavy atom. The third-order valence-electron chi connectivity index (χ3n) is 8.33. The lowest BCUT2D eigenvalue weighted by Crippen LogP contribution is -2.45. The summed E-state index contributed by atoms with van der Waals surface area (Å²) in [5.41, 5.74) is 2.83. The average Bonchev–Trinajstić information content (AvgIpc) is 3.47. The Morgan fingerprint density at radius 2 is 1.79 bits per heavy atom. The number of halogens is 3. The number of aromatic nitrogens is 2. The van der Waals surface area contributed by atoms with E-state index in [9.17, 15) is 18.0 Å². The summed E-state index contributed by atoms with van der Waals surface area (Å²) in [6.45, 7) is 7.41. The molecule has 0 spiro atoms. The maximum Gasteiger partial charge on any atom is 0.416 e. The van der Waals surface area contributed by atoms with Crippen LogP contribution in [0.4, 0.5) is 13.2 Å². The van der Waals surface area contributed by atoms with Gasteiger partial charge >= 0.3 is 6.18 Å². The Bertz CT molecular complexity index is 1580. The van der Waals surface area contributed by atoms with Crippen LogP contribution >= 0.6 is 0 Å². The molecule has 0 saturated carbocycles. The van der Waals surface area contributed by atoms with Crippen molar-refractivity contribution in [2.24, 2.45) is 0 Å². The molecule has 7 nitrogen and oxygen atoms in total. The number of aromatic amines is 1. The van der Waals surface area contributed by atoms with E-state index in [-0.39, 0.29) is 24.4 Å². The van der Waals surface area contributed by atoms with E-state index in [1.807, 2.05) is 24.3 Å². The molecule has 2 aromatic carbocycles. The van der Waals surface area contributed by atoms with Crippen LogP contribution in [0.3, 0.4) is 0 Å². The van der Waals surface area contributed by atoms with Crippen molar-refractivity contribution >= 4 is 16.9 Å². The zero-order chi connectivity index (χ0) is 29.3. The topological polar surface area (TPSA) is 64.7 Å². The third-order valence-corrected chi connectivity index (χ3v) is 8.33. The highest BCUT2D eigenvalue weighted by atomic mass is 19.4. The Hall–Kier alpha value is -3.89. The van der Waals surface area contributed by atoms with Crippen LogP contribution < -0.4 is 4.74 Å². The summed E-state index contributed by atoms with van der Waals surface area (Å²) < 4.78 is 48.4. The van der Waals surface area contributed by atoms with Gasteiger partial charge in [-0.2, -0.15) is 13.2 Å². The van der Waals surface area contributed by atoms with E-state index in [1.165, 1.54) is 0 Å². The summed E-state index contributed by atoms with van der Waals surface area (Å²) in [5, 5.41) is 0.871. The molecule has 10 heteroatoms. The van der Waals surface area contributed by atoms with Gasteiger partial charge in [-0.15, -0.1) is 0 Å². The Labute approximate surface area is 242 Å². The molecule has 1 saturated heterocycles. The molecule has 6 rings (SSSR count). The molecular weight excluding hydrogens is 543 g/mol. The SMILES string of the molecule is CCN1CCN(Cc2ccc(CC(=O)N3CCc4ccc(Oc5ccnc6[nH]ccc56)cc4C3)cc2C(F)(F)F)CC1. The van der Waals surface area contributed by atoms with Crippen LogP contribution in [0.5, 0.6) is 11.5 Å². The summed E-state index contributed by atoms with van der Waals surface area (Å²) >= 11 is 0. The van der Waals surface area contributed by atoms with Gasteiger partial charge in [0.2, 0.25) is 5.91 Å². The molecular formula is C32H34F3N5O2. The first kappa shape index (κ1) is 28.2. The van der Waals surface area contributed by atoms with Crippen LogP contribution in [0.25, 0.3) is 11.0 Å². The number of carbonyl (C=O) groups excluding carboxylic acids is 1. The quantitative estimate of drug-likeness (QED) is 0.308. The van der Waals surface area contributed by atoms with E-state index in [2.05, 4.69) is 26.7 Å². The molecule has 4 aromatic rings. The maximum absolute atomic E-state index is 14.1. The van der Waals surface area contributed by atoms with Crippen molar-refractivity contribution in [3.05, 3.63) is 88.7 Å². The van der Waals surface area contributed by atoms with E-state index in [1.54, 1.807) is 35.5 Å². The second-order valence-corrected chi connectivity index (χ2v) is 11.0. The molecule has 2 aromatic heterocycles. The summed E-state index contributed by atoms with van der Waals surface area (Å²) in [6, 6.07) is 14.0. The van der Waals surface area contributed by atoms with Crippen LogP contribution in [-0.2, 0) is 36.9 Å². The predicted molar refractivity (Wildman–Crippen MR) is 154 cm³/mol. The number of piperazine rings is 1. The van der Waals surface area contributed by atoms with Crippen molar-refractivity contribution in [2.75, 3.05) is 39.3 Å². The summed E-state index contributed by atoms with van der Waals surface area (Å²) in [7, 11) is 0. The lowest BCUT2D eigenvalue weighted by atomic mass is 9.97. The van der Waals surface area contributed by atoms with Gasteiger partial charge in [0.15, 0.2) is 0 Å². The van der Waals surface area contributed by atoms with Crippen molar-refractivity contribution in [3.8, 4) is 11.5 Å². The average molecular weight is 578 g/mol. The fraction of sp³-hybridized carbons (Fsp3) is 0.375. The van der Waals surface area contributed by atoms with Gasteiger partial charge in [-0.1, -0.05) is 25.1 Å². The number of fused-ring (bicyclic) bond motifs is 2. The molecule has 1 fully saturated rings. The molecule has 220 valence electrons. The second-order valence-electron chi connectivity index (χ2n) is 11.0. The highest BCUT2D eigenvalue weighted by Crippen LogP contribution is 2.34. The second kappa shape index (κ2) is 11.8. The molecule has 0 unspecified atom stereocenters. The first-order chi connectivity index (χ1) is 20.3. The van der Waals surface area contributed by atoms with Crippen LogP contribution in [0.1, 0.15) is 34.7 Å². The first-order valence-electron chi connectivity index (χ1n) is 14.4. The van der Waals surface area contributed by atoms with E-state index in [0.717, 1.165) is 61.0 Å². The molecule has 2 aliphatic rings. The number of amides is 1. The first-order valence-corrected chi connectivity index (χ1v) is 14.4. The minimum absolute atomic E-state index is 0.0768. The number of hydrogen-bond donors (Lipinski definition) is 1. The third kappa shape index (κ3) is 6.15. The number of rotatable bonds is 7. The molecule has 1 amide bonds. The molecule has 0 radical (unpaired) electrons.